The van der Waals surface area contributed by atoms with E-state index in [0.29, 0.717) is 6.54 Å². The second-order valence-electron chi connectivity index (χ2n) is 7.28. The summed E-state index contributed by atoms with van der Waals surface area (Å²) in [5.41, 5.74) is 0.197. The fourth-order valence-corrected chi connectivity index (χ4v) is 3.66. The van der Waals surface area contributed by atoms with Crippen molar-refractivity contribution in [2.75, 3.05) is 6.54 Å². The number of benzene rings is 1. The van der Waals surface area contributed by atoms with Crippen molar-refractivity contribution in [3.8, 4) is 5.75 Å². The summed E-state index contributed by atoms with van der Waals surface area (Å²) in [6.07, 6.45) is 9.22. The number of aryl methyl sites for hydroxylation is 1. The van der Waals surface area contributed by atoms with Crippen LogP contribution in [0.2, 0.25) is 0 Å². The van der Waals surface area contributed by atoms with E-state index in [0.717, 1.165) is 44.4 Å². The number of aromatic nitrogens is 3. The highest BCUT2D eigenvalue weighted by molar-refractivity contribution is 5.92. The Hall–Kier alpha value is -3.23. The van der Waals surface area contributed by atoms with Gasteiger partial charge in [0.2, 0.25) is 0 Å². The Labute approximate surface area is 172 Å². The number of piperidine rings is 1. The highest BCUT2D eigenvalue weighted by Crippen LogP contribution is 2.23. The lowest BCUT2D eigenvalue weighted by Gasteiger charge is -2.35. The van der Waals surface area contributed by atoms with Crippen LogP contribution in [0, 0.1) is 11.6 Å². The van der Waals surface area contributed by atoms with Gasteiger partial charge in [-0.3, -0.25) is 4.79 Å². The van der Waals surface area contributed by atoms with Gasteiger partial charge >= 0.3 is 0 Å². The maximum absolute atomic E-state index is 13.7. The van der Waals surface area contributed by atoms with Gasteiger partial charge in [0.15, 0.2) is 23.0 Å². The molecule has 4 rings (SSSR count). The monoisotopic (exact) mass is 416 g/mol. The van der Waals surface area contributed by atoms with Crippen molar-refractivity contribution in [1.29, 1.82) is 0 Å². The molecule has 0 spiro atoms. The molecular weight excluding hydrogens is 394 g/mol. The standard InChI is InChI=1S/C21H22F2N4O3/c22-15-4-5-20(18(23)11-15)29-13-17-12-19(25-30-17)21(28)27-8-2-1-3-16(27)6-9-26-10-7-24-14-26/h4-5,7,10-12,14,16H,1-3,6,8-9,13H2/t16-/m1/s1. The van der Waals surface area contributed by atoms with E-state index in [-0.39, 0.29) is 35.8 Å². The highest BCUT2D eigenvalue weighted by atomic mass is 19.1. The first-order valence-electron chi connectivity index (χ1n) is 9.90. The van der Waals surface area contributed by atoms with Crippen molar-refractivity contribution in [2.24, 2.45) is 0 Å². The fourth-order valence-electron chi connectivity index (χ4n) is 3.66. The molecule has 30 heavy (non-hydrogen) atoms. The molecule has 1 aromatic carbocycles. The zero-order valence-corrected chi connectivity index (χ0v) is 16.3. The van der Waals surface area contributed by atoms with Crippen LogP contribution >= 0.6 is 0 Å². The Morgan fingerprint density at radius 3 is 2.97 bits per heavy atom. The van der Waals surface area contributed by atoms with Crippen molar-refractivity contribution in [3.63, 3.8) is 0 Å². The minimum atomic E-state index is -0.806. The third-order valence-corrected chi connectivity index (χ3v) is 5.21. The van der Waals surface area contributed by atoms with Crippen LogP contribution in [0.15, 0.2) is 47.5 Å². The molecule has 0 radical (unpaired) electrons. The van der Waals surface area contributed by atoms with Crippen LogP contribution in [-0.4, -0.2) is 38.1 Å². The Balaban J connectivity index is 1.38. The van der Waals surface area contributed by atoms with Crippen LogP contribution in [-0.2, 0) is 13.2 Å². The lowest BCUT2D eigenvalue weighted by Crippen LogP contribution is -2.44. The van der Waals surface area contributed by atoms with E-state index >= 15 is 0 Å². The molecule has 1 atom stereocenters. The summed E-state index contributed by atoms with van der Waals surface area (Å²) in [4.78, 5) is 18.9. The zero-order valence-electron chi connectivity index (χ0n) is 16.3. The van der Waals surface area contributed by atoms with Gasteiger partial charge < -0.3 is 18.7 Å². The van der Waals surface area contributed by atoms with Crippen molar-refractivity contribution in [3.05, 3.63) is 66.1 Å². The summed E-state index contributed by atoms with van der Waals surface area (Å²) in [5.74, 6) is -1.49. The van der Waals surface area contributed by atoms with Gasteiger partial charge in [-0.05, 0) is 37.8 Å². The van der Waals surface area contributed by atoms with Crippen LogP contribution in [0.3, 0.4) is 0 Å². The van der Waals surface area contributed by atoms with Gasteiger partial charge in [-0.1, -0.05) is 5.16 Å². The Morgan fingerprint density at radius 1 is 1.27 bits per heavy atom. The van der Waals surface area contributed by atoms with Crippen LogP contribution in [0.1, 0.15) is 41.9 Å². The van der Waals surface area contributed by atoms with E-state index in [1.54, 1.807) is 12.5 Å². The number of hydrogen-bond acceptors (Lipinski definition) is 5. The average molecular weight is 416 g/mol. The van der Waals surface area contributed by atoms with Crippen molar-refractivity contribution in [2.45, 2.75) is 44.9 Å². The average Bonchev–Trinajstić information content (AvgIpc) is 3.43. The van der Waals surface area contributed by atoms with Crippen LogP contribution in [0.4, 0.5) is 8.78 Å². The molecule has 0 N–H and O–H groups in total. The van der Waals surface area contributed by atoms with Crippen molar-refractivity contribution < 1.29 is 22.8 Å². The van der Waals surface area contributed by atoms with E-state index < -0.39 is 11.6 Å². The molecule has 0 unspecified atom stereocenters. The molecule has 3 aromatic rings. The number of carbonyl (C=O) groups is 1. The second-order valence-corrected chi connectivity index (χ2v) is 7.28. The topological polar surface area (TPSA) is 73.4 Å². The molecule has 2 aromatic heterocycles. The van der Waals surface area contributed by atoms with Gasteiger partial charge in [-0.25, -0.2) is 13.8 Å². The van der Waals surface area contributed by atoms with E-state index in [2.05, 4.69) is 10.1 Å². The summed E-state index contributed by atoms with van der Waals surface area (Å²) in [5, 5.41) is 3.87. The van der Waals surface area contributed by atoms with E-state index in [1.807, 2.05) is 15.7 Å². The summed E-state index contributed by atoms with van der Waals surface area (Å²) < 4.78 is 39.1. The fraction of sp³-hybridized carbons (Fsp3) is 0.381. The maximum Gasteiger partial charge on any atom is 0.276 e. The second kappa shape index (κ2) is 9.06. The normalized spacial score (nSPS) is 16.6. The third kappa shape index (κ3) is 4.67. The largest absolute Gasteiger partial charge is 0.482 e. The number of carbonyl (C=O) groups excluding carboxylic acids is 1. The molecule has 1 aliphatic rings. The van der Waals surface area contributed by atoms with E-state index in [9.17, 15) is 13.6 Å². The van der Waals surface area contributed by atoms with Crippen LogP contribution in [0.5, 0.6) is 5.75 Å². The first-order valence-corrected chi connectivity index (χ1v) is 9.90. The molecule has 1 aliphatic heterocycles. The number of hydrogen-bond donors (Lipinski definition) is 0. The Kier molecular flexibility index (Phi) is 6.06. The predicted molar refractivity (Wildman–Crippen MR) is 103 cm³/mol. The first kappa shape index (κ1) is 20.1. The minimum absolute atomic E-state index is 0.101. The predicted octanol–water partition coefficient (Wildman–Crippen LogP) is 3.81. The molecule has 3 heterocycles. The molecule has 0 aliphatic carbocycles. The number of nitrogens with zero attached hydrogens (tertiary/aromatic N) is 4. The minimum Gasteiger partial charge on any atom is -0.482 e. The van der Waals surface area contributed by atoms with Crippen molar-refractivity contribution >= 4 is 5.91 Å². The third-order valence-electron chi connectivity index (χ3n) is 5.21. The Morgan fingerprint density at radius 2 is 2.17 bits per heavy atom. The molecule has 9 heteroatoms. The Bertz CT molecular complexity index is 990. The van der Waals surface area contributed by atoms with Crippen LogP contribution < -0.4 is 4.74 Å². The number of halogens is 2. The molecule has 1 amide bonds. The van der Waals surface area contributed by atoms with Gasteiger partial charge in [0.05, 0.1) is 6.33 Å². The van der Waals surface area contributed by atoms with Crippen LogP contribution in [0.25, 0.3) is 0 Å². The zero-order chi connectivity index (χ0) is 20.9. The van der Waals surface area contributed by atoms with Gasteiger partial charge in [0.1, 0.15) is 12.4 Å². The quantitative estimate of drug-likeness (QED) is 0.586. The molecule has 0 bridgehead atoms. The van der Waals surface area contributed by atoms with Gasteiger partial charge in [0, 0.05) is 43.7 Å². The van der Waals surface area contributed by atoms with E-state index in [1.165, 1.54) is 12.1 Å². The van der Waals surface area contributed by atoms with Gasteiger partial charge in [-0.2, -0.15) is 0 Å². The number of imidazole rings is 1. The van der Waals surface area contributed by atoms with Gasteiger partial charge in [-0.15, -0.1) is 0 Å². The van der Waals surface area contributed by atoms with E-state index in [4.69, 9.17) is 9.26 Å². The van der Waals surface area contributed by atoms with Gasteiger partial charge in [0.25, 0.3) is 5.91 Å². The summed E-state index contributed by atoms with van der Waals surface area (Å²) >= 11 is 0. The molecule has 7 nitrogen and oxygen atoms in total. The molecule has 1 fully saturated rings. The lowest BCUT2D eigenvalue weighted by atomic mass is 9.98. The molecule has 0 saturated carbocycles. The molecular formula is C21H22F2N4O3. The smallest absolute Gasteiger partial charge is 0.276 e. The maximum atomic E-state index is 13.7. The number of ether oxygens (including phenoxy) is 1. The van der Waals surface area contributed by atoms with Crippen molar-refractivity contribution in [1.82, 2.24) is 19.6 Å². The molecule has 1 saturated heterocycles. The molecule has 158 valence electrons. The SMILES string of the molecule is O=C(c1cc(COc2ccc(F)cc2F)on1)N1CCCC[C@@H]1CCn1ccnc1. The highest BCUT2D eigenvalue weighted by Gasteiger charge is 2.29. The first-order chi connectivity index (χ1) is 14.6. The summed E-state index contributed by atoms with van der Waals surface area (Å²) in [6.45, 7) is 1.34. The summed E-state index contributed by atoms with van der Waals surface area (Å²) in [7, 11) is 0. The summed E-state index contributed by atoms with van der Waals surface area (Å²) in [6, 6.07) is 4.68. The lowest BCUT2D eigenvalue weighted by molar-refractivity contribution is 0.0584. The number of rotatable bonds is 7. The number of likely N-dealkylation sites (tertiary alicyclic amines) is 1. The number of amides is 1.